The van der Waals surface area contributed by atoms with Gasteiger partial charge >= 0.3 is 0 Å². The van der Waals surface area contributed by atoms with Crippen molar-refractivity contribution in [3.63, 3.8) is 0 Å². The normalized spacial score (nSPS) is 18.9. The molecule has 0 unspecified atom stereocenters. The first-order chi connectivity index (χ1) is 22.4. The van der Waals surface area contributed by atoms with E-state index < -0.39 is 5.91 Å². The lowest BCUT2D eigenvalue weighted by atomic mass is 9.88. The number of hydrogen-bond donors (Lipinski definition) is 0. The number of aryl methyl sites for hydroxylation is 1. The topological polar surface area (TPSA) is 101 Å². The minimum Gasteiger partial charge on any atom is -0.493 e. The third kappa shape index (κ3) is 7.15. The Labute approximate surface area is 269 Å². The predicted molar refractivity (Wildman–Crippen MR) is 178 cm³/mol. The van der Waals surface area contributed by atoms with Crippen molar-refractivity contribution in [3.8, 4) is 28.4 Å². The van der Waals surface area contributed by atoms with Gasteiger partial charge in [0.15, 0.2) is 11.5 Å². The number of amides is 1. The van der Waals surface area contributed by atoms with Gasteiger partial charge in [-0.1, -0.05) is 29.8 Å². The molecule has 0 bridgehead atoms. The molecule has 0 radical (unpaired) electrons. The van der Waals surface area contributed by atoms with Gasteiger partial charge in [-0.2, -0.15) is 0 Å². The second-order valence-electron chi connectivity index (χ2n) is 12.3. The van der Waals surface area contributed by atoms with E-state index in [2.05, 4.69) is 9.98 Å². The Morgan fingerprint density at radius 1 is 0.957 bits per heavy atom. The van der Waals surface area contributed by atoms with Crippen molar-refractivity contribution in [3.05, 3.63) is 82.4 Å². The van der Waals surface area contributed by atoms with Crippen LogP contribution in [0, 0.1) is 18.8 Å². The maximum atomic E-state index is 13.6. The maximum absolute atomic E-state index is 13.6. The van der Waals surface area contributed by atoms with Gasteiger partial charge in [0.25, 0.3) is 5.91 Å². The molecule has 2 aromatic heterocycles. The zero-order valence-electron chi connectivity index (χ0n) is 26.7. The van der Waals surface area contributed by atoms with E-state index in [0.29, 0.717) is 23.0 Å². The van der Waals surface area contributed by atoms with Crippen molar-refractivity contribution in [1.82, 2.24) is 9.55 Å². The number of benzene rings is 2. The van der Waals surface area contributed by atoms with E-state index >= 15 is 0 Å². The predicted octanol–water partition coefficient (Wildman–Crippen LogP) is 6.66. The van der Waals surface area contributed by atoms with Crippen LogP contribution in [0.2, 0.25) is 0 Å². The van der Waals surface area contributed by atoms with Crippen LogP contribution in [-0.2, 0) is 11.3 Å². The van der Waals surface area contributed by atoms with Crippen LogP contribution in [0.1, 0.15) is 54.4 Å². The Balaban J connectivity index is 1.15. The largest absolute Gasteiger partial charge is 0.493 e. The summed E-state index contributed by atoms with van der Waals surface area (Å²) in [7, 11) is 3.21. The van der Waals surface area contributed by atoms with Crippen molar-refractivity contribution in [2.75, 3.05) is 27.4 Å². The fourth-order valence-electron chi connectivity index (χ4n) is 6.38. The molecule has 6 rings (SSSR count). The highest BCUT2D eigenvalue weighted by Crippen LogP contribution is 2.37. The van der Waals surface area contributed by atoms with E-state index in [1.807, 2.05) is 60.2 Å². The quantitative estimate of drug-likeness (QED) is 0.192. The second kappa shape index (κ2) is 14.3. The Hall–Kier alpha value is -4.50. The Kier molecular flexibility index (Phi) is 9.78. The van der Waals surface area contributed by atoms with Gasteiger partial charge < -0.3 is 23.5 Å². The molecule has 0 N–H and O–H groups in total. The summed E-state index contributed by atoms with van der Waals surface area (Å²) in [6, 6.07) is 13.5. The molecule has 3 heterocycles. The summed E-state index contributed by atoms with van der Waals surface area (Å²) < 4.78 is 24.9. The molecule has 1 aliphatic heterocycles. The van der Waals surface area contributed by atoms with E-state index in [9.17, 15) is 9.59 Å². The standard InChI is InChI=1S/C37H41N3O6/c1-24-4-8-27(9-5-24)30-22-40(21-26-13-16-45-17-14-26)23-31(36(30)41)37(42)39-20-25-6-10-28(11-7-25)46-33-12-15-38-32-19-35(44-3)34(43-2)18-29(32)33/h4-5,8-9,12,15,18-20,22-23,25-26,28H,6-7,10-11,13-14,16-17,21H2,1-3H3. The van der Waals surface area contributed by atoms with Gasteiger partial charge in [-0.15, -0.1) is 0 Å². The number of nitrogens with zero attached hydrogens (tertiary/aromatic N) is 3. The highest BCUT2D eigenvalue weighted by Gasteiger charge is 2.24. The van der Waals surface area contributed by atoms with Crippen molar-refractivity contribution in [1.29, 1.82) is 0 Å². The molecule has 1 saturated heterocycles. The first-order valence-electron chi connectivity index (χ1n) is 16.1. The number of rotatable bonds is 9. The van der Waals surface area contributed by atoms with Gasteiger partial charge in [0.05, 0.1) is 25.8 Å². The molecule has 2 aliphatic rings. The van der Waals surface area contributed by atoms with Gasteiger partial charge in [-0.25, -0.2) is 4.99 Å². The van der Waals surface area contributed by atoms with Gasteiger partial charge in [0.2, 0.25) is 5.43 Å². The highest BCUT2D eigenvalue weighted by molar-refractivity contribution is 5.99. The van der Waals surface area contributed by atoms with Crippen LogP contribution in [0.5, 0.6) is 17.2 Å². The van der Waals surface area contributed by atoms with Crippen LogP contribution < -0.4 is 19.6 Å². The Morgan fingerprint density at radius 3 is 2.39 bits per heavy atom. The highest BCUT2D eigenvalue weighted by atomic mass is 16.5. The van der Waals surface area contributed by atoms with E-state index in [0.717, 1.165) is 86.1 Å². The lowest BCUT2D eigenvalue weighted by Gasteiger charge is -2.27. The third-order valence-electron chi connectivity index (χ3n) is 9.10. The molecule has 1 saturated carbocycles. The van der Waals surface area contributed by atoms with Crippen molar-refractivity contribution < 1.29 is 23.7 Å². The number of ether oxygens (including phenoxy) is 4. The minimum atomic E-state index is -0.495. The zero-order chi connectivity index (χ0) is 32.0. The first-order valence-corrected chi connectivity index (χ1v) is 16.1. The Morgan fingerprint density at radius 2 is 1.67 bits per heavy atom. The number of carbonyl (C=O) groups excluding carboxylic acids is 1. The molecule has 240 valence electrons. The number of aromatic nitrogens is 2. The molecule has 46 heavy (non-hydrogen) atoms. The molecule has 1 aliphatic carbocycles. The summed E-state index contributed by atoms with van der Waals surface area (Å²) in [5, 5.41) is 0.866. The molecule has 2 aromatic carbocycles. The number of methoxy groups -OCH3 is 2. The van der Waals surface area contributed by atoms with Gasteiger partial charge in [-0.3, -0.25) is 14.6 Å². The van der Waals surface area contributed by atoms with Crippen LogP contribution in [-0.4, -0.2) is 55.2 Å². The number of carbonyl (C=O) groups is 1. The number of aliphatic imine (C=N–C) groups is 1. The minimum absolute atomic E-state index is 0.0302. The summed E-state index contributed by atoms with van der Waals surface area (Å²) in [5.74, 6) is 2.06. The number of pyridine rings is 2. The zero-order valence-corrected chi connectivity index (χ0v) is 26.7. The average molecular weight is 624 g/mol. The van der Waals surface area contributed by atoms with Crippen LogP contribution in [0.25, 0.3) is 22.0 Å². The van der Waals surface area contributed by atoms with Gasteiger partial charge in [0, 0.05) is 61.6 Å². The van der Waals surface area contributed by atoms with Crippen LogP contribution in [0.4, 0.5) is 0 Å². The van der Waals surface area contributed by atoms with Gasteiger partial charge in [-0.05, 0) is 75.0 Å². The molecule has 0 atom stereocenters. The molecular weight excluding hydrogens is 582 g/mol. The molecular formula is C37H41N3O6. The summed E-state index contributed by atoms with van der Waals surface area (Å²) in [6.07, 6.45) is 12.3. The van der Waals surface area contributed by atoms with E-state index in [1.54, 1.807) is 32.8 Å². The van der Waals surface area contributed by atoms with Crippen molar-refractivity contribution in [2.45, 2.75) is 58.1 Å². The number of fused-ring (bicyclic) bond motifs is 1. The smallest absolute Gasteiger partial charge is 0.282 e. The molecule has 2 fully saturated rings. The third-order valence-corrected chi connectivity index (χ3v) is 9.10. The molecule has 0 spiro atoms. The van der Waals surface area contributed by atoms with E-state index in [1.165, 1.54) is 0 Å². The van der Waals surface area contributed by atoms with Crippen LogP contribution >= 0.6 is 0 Å². The summed E-state index contributed by atoms with van der Waals surface area (Å²) in [4.78, 5) is 35.8. The summed E-state index contributed by atoms with van der Waals surface area (Å²) in [6.45, 7) is 4.21. The van der Waals surface area contributed by atoms with E-state index in [-0.39, 0.29) is 23.0 Å². The average Bonchev–Trinajstić information content (AvgIpc) is 3.09. The lowest BCUT2D eigenvalue weighted by molar-refractivity contribution is 0.0612. The monoisotopic (exact) mass is 623 g/mol. The maximum Gasteiger partial charge on any atom is 0.282 e. The lowest BCUT2D eigenvalue weighted by Crippen LogP contribution is -2.25. The first kappa shape index (κ1) is 31.5. The van der Waals surface area contributed by atoms with Crippen molar-refractivity contribution in [2.24, 2.45) is 16.8 Å². The van der Waals surface area contributed by atoms with Crippen LogP contribution in [0.3, 0.4) is 0 Å². The Bertz CT molecular complexity index is 1770. The van der Waals surface area contributed by atoms with Crippen LogP contribution in [0.15, 0.2) is 70.8 Å². The van der Waals surface area contributed by atoms with E-state index in [4.69, 9.17) is 18.9 Å². The molecule has 4 aromatic rings. The summed E-state index contributed by atoms with van der Waals surface area (Å²) in [5.41, 5.74) is 3.02. The molecule has 1 amide bonds. The fourth-order valence-corrected chi connectivity index (χ4v) is 6.38. The number of hydrogen-bond acceptors (Lipinski definition) is 7. The fraction of sp³-hybridized carbons (Fsp3) is 0.405. The molecule has 9 nitrogen and oxygen atoms in total. The summed E-state index contributed by atoms with van der Waals surface area (Å²) >= 11 is 0. The SMILES string of the molecule is COc1cc2nccc(OC3CCC(C=NC(=O)c4cn(CC5CCOCC5)cc(-c5ccc(C)cc5)c4=O)CC3)c2cc1OC. The van der Waals surface area contributed by atoms with Gasteiger partial charge in [0.1, 0.15) is 11.3 Å². The second-order valence-corrected chi connectivity index (χ2v) is 12.3. The molecule has 9 heteroatoms. The van der Waals surface area contributed by atoms with Crippen molar-refractivity contribution >= 4 is 23.0 Å².